The lowest BCUT2D eigenvalue weighted by Gasteiger charge is -2.64. The average Bonchev–Trinajstić information content (AvgIpc) is 3.17. The molecule has 1 aliphatic heterocycles. The van der Waals surface area contributed by atoms with E-state index in [1.807, 2.05) is 0 Å². The number of allylic oxidation sites excluding steroid dienone is 2. The van der Waals surface area contributed by atoms with Gasteiger partial charge < -0.3 is 14.9 Å². The van der Waals surface area contributed by atoms with Crippen LogP contribution in [0.3, 0.4) is 0 Å². The van der Waals surface area contributed by atoms with Crippen LogP contribution in [0.4, 0.5) is 0 Å². The second-order valence-electron chi connectivity index (χ2n) is 12.2. The van der Waals surface area contributed by atoms with Gasteiger partial charge in [0.1, 0.15) is 6.10 Å². The summed E-state index contributed by atoms with van der Waals surface area (Å²) in [4.78, 5) is 0. The molecule has 2 N–H and O–H groups in total. The average molecular weight is 389 g/mol. The lowest BCUT2D eigenvalue weighted by atomic mass is 9.41. The zero-order chi connectivity index (χ0) is 20.3. The molecule has 10 unspecified atom stereocenters. The fraction of sp³-hybridized carbons (Fsp3) is 0.920. The standard InChI is InChI=1S/C25H40O3/c1-14(2)15-7-10-22(3)16(15)8-11-23(4)17-9-12-24(5)21(28-24)20(27)25(17,6)19(26)13-18(22)23/h8,14-15,17-21,26-27H,7,9-13H2,1-6H3. The SMILES string of the molecule is CC(C)C1CCC2(C)C1=CCC1(C)C2CC(O)C2(C)C(O)C3OC3(C)CCC12. The van der Waals surface area contributed by atoms with Gasteiger partial charge in [0.05, 0.1) is 17.8 Å². The van der Waals surface area contributed by atoms with E-state index in [0.717, 1.165) is 25.7 Å². The molecule has 28 heavy (non-hydrogen) atoms. The second kappa shape index (κ2) is 5.65. The highest BCUT2D eigenvalue weighted by Crippen LogP contribution is 2.71. The Bertz CT molecular complexity index is 715. The molecule has 3 saturated carbocycles. The second-order valence-corrected chi connectivity index (χ2v) is 12.2. The summed E-state index contributed by atoms with van der Waals surface area (Å²) in [7, 11) is 0. The summed E-state index contributed by atoms with van der Waals surface area (Å²) < 4.78 is 5.95. The normalized spacial score (nSPS) is 60.2. The molecule has 3 heteroatoms. The summed E-state index contributed by atoms with van der Waals surface area (Å²) in [6, 6.07) is 0. The maximum Gasteiger partial charge on any atom is 0.113 e. The van der Waals surface area contributed by atoms with Gasteiger partial charge in [-0.3, -0.25) is 0 Å². The summed E-state index contributed by atoms with van der Waals surface area (Å²) in [6.07, 6.45) is 8.02. The van der Waals surface area contributed by atoms with E-state index >= 15 is 0 Å². The van der Waals surface area contributed by atoms with Gasteiger partial charge in [0.25, 0.3) is 0 Å². The molecule has 0 bridgehead atoms. The molecule has 0 aromatic rings. The molecule has 0 aromatic heterocycles. The summed E-state index contributed by atoms with van der Waals surface area (Å²) in [5.74, 6) is 2.25. The zero-order valence-corrected chi connectivity index (χ0v) is 18.7. The first-order chi connectivity index (χ1) is 13.0. The number of ether oxygens (including phenoxy) is 1. The molecule has 3 nitrogen and oxygen atoms in total. The maximum atomic E-state index is 11.5. The van der Waals surface area contributed by atoms with E-state index in [4.69, 9.17) is 4.74 Å². The van der Waals surface area contributed by atoms with Gasteiger partial charge in [-0.15, -0.1) is 0 Å². The molecule has 0 aromatic carbocycles. The largest absolute Gasteiger partial charge is 0.392 e. The first kappa shape index (κ1) is 19.6. The summed E-state index contributed by atoms with van der Waals surface area (Å²) in [5, 5.41) is 22.9. The molecule has 0 radical (unpaired) electrons. The third-order valence-electron chi connectivity index (χ3n) is 10.7. The Morgan fingerprint density at radius 2 is 1.75 bits per heavy atom. The van der Waals surface area contributed by atoms with Crippen LogP contribution in [0.25, 0.3) is 0 Å². The molecule has 5 aliphatic rings. The lowest BCUT2D eigenvalue weighted by Crippen LogP contribution is -2.63. The molecule has 158 valence electrons. The quantitative estimate of drug-likeness (QED) is 0.505. The Morgan fingerprint density at radius 1 is 1.04 bits per heavy atom. The van der Waals surface area contributed by atoms with E-state index in [-0.39, 0.29) is 22.5 Å². The van der Waals surface area contributed by atoms with E-state index in [2.05, 4.69) is 47.6 Å². The first-order valence-electron chi connectivity index (χ1n) is 11.7. The van der Waals surface area contributed by atoms with Gasteiger partial charge in [0.2, 0.25) is 0 Å². The third-order valence-corrected chi connectivity index (χ3v) is 10.7. The molecule has 0 spiro atoms. The smallest absolute Gasteiger partial charge is 0.113 e. The fourth-order valence-corrected chi connectivity index (χ4v) is 8.82. The van der Waals surface area contributed by atoms with Crippen LogP contribution in [0.1, 0.15) is 80.1 Å². The van der Waals surface area contributed by atoms with Crippen molar-refractivity contribution in [1.29, 1.82) is 0 Å². The van der Waals surface area contributed by atoms with Crippen LogP contribution in [0.2, 0.25) is 0 Å². The van der Waals surface area contributed by atoms with Crippen LogP contribution >= 0.6 is 0 Å². The number of aliphatic hydroxyl groups is 2. The van der Waals surface area contributed by atoms with Crippen molar-refractivity contribution in [3.63, 3.8) is 0 Å². The van der Waals surface area contributed by atoms with Crippen molar-refractivity contribution in [3.05, 3.63) is 11.6 Å². The Balaban J connectivity index is 1.59. The summed E-state index contributed by atoms with van der Waals surface area (Å²) in [5.41, 5.74) is 1.40. The van der Waals surface area contributed by atoms with E-state index in [1.165, 1.54) is 12.8 Å². The fourth-order valence-electron chi connectivity index (χ4n) is 8.82. The Morgan fingerprint density at radius 3 is 2.43 bits per heavy atom. The number of epoxide rings is 1. The van der Waals surface area contributed by atoms with Crippen LogP contribution in [0.5, 0.6) is 0 Å². The van der Waals surface area contributed by atoms with Crippen LogP contribution in [-0.4, -0.2) is 34.1 Å². The molecule has 4 aliphatic carbocycles. The van der Waals surface area contributed by atoms with Gasteiger partial charge in [-0.2, -0.15) is 0 Å². The monoisotopic (exact) mass is 388 g/mol. The summed E-state index contributed by atoms with van der Waals surface area (Å²) in [6.45, 7) is 14.0. The minimum absolute atomic E-state index is 0.0978. The number of hydrogen-bond acceptors (Lipinski definition) is 3. The van der Waals surface area contributed by atoms with E-state index < -0.39 is 17.6 Å². The van der Waals surface area contributed by atoms with Crippen molar-refractivity contribution >= 4 is 0 Å². The molecule has 5 rings (SSSR count). The first-order valence-corrected chi connectivity index (χ1v) is 11.7. The van der Waals surface area contributed by atoms with E-state index in [9.17, 15) is 10.2 Å². The van der Waals surface area contributed by atoms with Crippen molar-refractivity contribution in [2.75, 3.05) is 0 Å². The van der Waals surface area contributed by atoms with E-state index in [1.54, 1.807) is 5.57 Å². The number of rotatable bonds is 1. The van der Waals surface area contributed by atoms with Crippen LogP contribution in [0, 0.1) is 39.9 Å². The molecule has 1 heterocycles. The molecule has 0 amide bonds. The number of fused-ring (bicyclic) bond motifs is 6. The molecule has 1 saturated heterocycles. The van der Waals surface area contributed by atoms with Gasteiger partial charge in [0.15, 0.2) is 0 Å². The van der Waals surface area contributed by atoms with Crippen molar-refractivity contribution in [3.8, 4) is 0 Å². The molecular weight excluding hydrogens is 348 g/mol. The number of aliphatic hydroxyl groups excluding tert-OH is 2. The highest BCUT2D eigenvalue weighted by Gasteiger charge is 2.71. The van der Waals surface area contributed by atoms with Gasteiger partial charge in [-0.05, 0) is 80.0 Å². The van der Waals surface area contributed by atoms with Crippen molar-refractivity contribution in [2.45, 2.75) is 104 Å². The maximum absolute atomic E-state index is 11.5. The van der Waals surface area contributed by atoms with Crippen molar-refractivity contribution in [2.24, 2.45) is 39.9 Å². The summed E-state index contributed by atoms with van der Waals surface area (Å²) >= 11 is 0. The topological polar surface area (TPSA) is 53.0 Å². The van der Waals surface area contributed by atoms with Gasteiger partial charge in [-0.1, -0.05) is 46.3 Å². The molecule has 10 atom stereocenters. The Kier molecular flexibility index (Phi) is 3.95. The minimum atomic E-state index is -0.567. The van der Waals surface area contributed by atoms with Gasteiger partial charge in [0, 0.05) is 5.41 Å². The highest BCUT2D eigenvalue weighted by atomic mass is 16.6. The number of hydrogen-bond donors (Lipinski definition) is 2. The molecule has 4 fully saturated rings. The van der Waals surface area contributed by atoms with Crippen molar-refractivity contribution < 1.29 is 14.9 Å². The Labute approximate surface area is 170 Å². The predicted molar refractivity (Wildman–Crippen MR) is 111 cm³/mol. The van der Waals surface area contributed by atoms with Crippen LogP contribution in [-0.2, 0) is 4.74 Å². The zero-order valence-electron chi connectivity index (χ0n) is 18.7. The third kappa shape index (κ3) is 2.17. The van der Waals surface area contributed by atoms with Crippen LogP contribution in [0.15, 0.2) is 11.6 Å². The van der Waals surface area contributed by atoms with Crippen molar-refractivity contribution in [1.82, 2.24) is 0 Å². The minimum Gasteiger partial charge on any atom is -0.392 e. The molecular formula is C25H40O3. The lowest BCUT2D eigenvalue weighted by molar-refractivity contribution is -0.206. The van der Waals surface area contributed by atoms with E-state index in [0.29, 0.717) is 23.7 Å². The highest BCUT2D eigenvalue weighted by molar-refractivity contribution is 5.32. The Hall–Kier alpha value is -0.380. The predicted octanol–water partition coefficient (Wildman–Crippen LogP) is 4.71. The van der Waals surface area contributed by atoms with Gasteiger partial charge >= 0.3 is 0 Å². The van der Waals surface area contributed by atoms with Crippen LogP contribution < -0.4 is 0 Å². The van der Waals surface area contributed by atoms with Gasteiger partial charge in [-0.25, -0.2) is 0 Å².